The summed E-state index contributed by atoms with van der Waals surface area (Å²) in [6.07, 6.45) is 1.02. The maximum atomic E-state index is 9.58. The summed E-state index contributed by atoms with van der Waals surface area (Å²) in [5.41, 5.74) is 0.878. The summed E-state index contributed by atoms with van der Waals surface area (Å²) in [5, 5.41) is 22.1. The van der Waals surface area contributed by atoms with Crippen molar-refractivity contribution >= 4 is 6.21 Å². The third-order valence-corrected chi connectivity index (χ3v) is 3.01. The summed E-state index contributed by atoms with van der Waals surface area (Å²) in [5.74, 6) is 5.72. The molecule has 0 spiro atoms. The van der Waals surface area contributed by atoms with Gasteiger partial charge in [0.2, 0.25) is 0 Å². The largest absolute Gasteiger partial charge is 0.465 e. The summed E-state index contributed by atoms with van der Waals surface area (Å²) in [7, 11) is 0. The topological polar surface area (TPSA) is 97.3 Å². The van der Waals surface area contributed by atoms with Crippen LogP contribution in [0.15, 0.2) is 29.4 Å². The Hall–Kier alpha value is -1.63. The zero-order valence-electron chi connectivity index (χ0n) is 10.5. The molecule has 1 saturated heterocycles. The molecule has 1 aromatic carbocycles. The van der Waals surface area contributed by atoms with E-state index in [1.807, 2.05) is 12.1 Å². The molecule has 1 heterocycles. The van der Waals surface area contributed by atoms with Crippen LogP contribution in [0.1, 0.15) is 18.4 Å². The molecule has 0 aliphatic carbocycles. The lowest BCUT2D eigenvalue weighted by Crippen LogP contribution is -2.43. The third kappa shape index (κ3) is 3.66. The van der Waals surface area contributed by atoms with Gasteiger partial charge in [-0.2, -0.15) is 5.10 Å². The second-order valence-electron chi connectivity index (χ2n) is 4.40. The van der Waals surface area contributed by atoms with Gasteiger partial charge in [0.05, 0.1) is 18.9 Å². The maximum Gasteiger partial charge on any atom is 0.200 e. The Morgan fingerprint density at radius 1 is 1.37 bits per heavy atom. The standard InChI is InChI=1S/C13H18N2O4/c14-15-7-9-1-3-10(4-2-9)18-13-6-5-11(17)12(8-16)19-13/h1-4,7,11-13,16-17H,5-6,8,14H2/b15-7-. The highest BCUT2D eigenvalue weighted by Crippen LogP contribution is 2.23. The van der Waals surface area contributed by atoms with Gasteiger partial charge >= 0.3 is 0 Å². The Bertz CT molecular complexity index is 421. The smallest absolute Gasteiger partial charge is 0.200 e. The first-order chi connectivity index (χ1) is 9.22. The molecule has 0 bridgehead atoms. The molecule has 3 unspecified atom stereocenters. The van der Waals surface area contributed by atoms with Crippen LogP contribution in [-0.4, -0.2) is 41.5 Å². The van der Waals surface area contributed by atoms with Gasteiger partial charge in [-0.05, 0) is 36.2 Å². The minimum Gasteiger partial charge on any atom is -0.465 e. The predicted octanol–water partition coefficient (Wildman–Crippen LogP) is 0.216. The highest BCUT2D eigenvalue weighted by atomic mass is 16.7. The first-order valence-corrected chi connectivity index (χ1v) is 6.17. The molecule has 4 N–H and O–H groups in total. The van der Waals surface area contributed by atoms with E-state index >= 15 is 0 Å². The number of nitrogens with two attached hydrogens (primary N) is 1. The van der Waals surface area contributed by atoms with E-state index in [9.17, 15) is 5.11 Å². The molecular formula is C13H18N2O4. The molecule has 1 aliphatic rings. The van der Waals surface area contributed by atoms with Gasteiger partial charge in [-0.15, -0.1) is 0 Å². The molecule has 0 amide bonds. The van der Waals surface area contributed by atoms with Gasteiger partial charge in [0, 0.05) is 6.42 Å². The Morgan fingerprint density at radius 3 is 2.74 bits per heavy atom. The zero-order valence-corrected chi connectivity index (χ0v) is 10.5. The fourth-order valence-electron chi connectivity index (χ4n) is 1.97. The van der Waals surface area contributed by atoms with Gasteiger partial charge in [-0.1, -0.05) is 0 Å². The molecule has 6 heteroatoms. The van der Waals surface area contributed by atoms with Crippen LogP contribution in [0.5, 0.6) is 5.75 Å². The normalized spacial score (nSPS) is 27.6. The second kappa shape index (κ2) is 6.51. The molecule has 6 nitrogen and oxygen atoms in total. The van der Waals surface area contributed by atoms with Crippen molar-refractivity contribution in [1.29, 1.82) is 0 Å². The number of aliphatic hydroxyl groups is 2. The number of nitrogens with zero attached hydrogens (tertiary/aromatic N) is 1. The molecule has 0 radical (unpaired) electrons. The highest BCUT2D eigenvalue weighted by molar-refractivity contribution is 5.79. The van der Waals surface area contributed by atoms with Crippen molar-refractivity contribution in [2.75, 3.05) is 6.61 Å². The van der Waals surface area contributed by atoms with Gasteiger partial charge in [0.15, 0.2) is 6.29 Å². The molecule has 0 aromatic heterocycles. The summed E-state index contributed by atoms with van der Waals surface area (Å²) >= 11 is 0. The number of rotatable bonds is 4. The number of hydrogen-bond acceptors (Lipinski definition) is 6. The molecule has 19 heavy (non-hydrogen) atoms. The molecule has 104 valence electrons. The Balaban J connectivity index is 1.93. The van der Waals surface area contributed by atoms with Gasteiger partial charge < -0.3 is 25.5 Å². The fourth-order valence-corrected chi connectivity index (χ4v) is 1.97. The molecule has 2 rings (SSSR count). The third-order valence-electron chi connectivity index (χ3n) is 3.01. The van der Waals surface area contributed by atoms with Crippen LogP contribution in [0.4, 0.5) is 0 Å². The van der Waals surface area contributed by atoms with Crippen molar-refractivity contribution in [1.82, 2.24) is 0 Å². The van der Waals surface area contributed by atoms with E-state index in [-0.39, 0.29) is 6.61 Å². The Labute approximate surface area is 111 Å². The predicted molar refractivity (Wildman–Crippen MR) is 69.8 cm³/mol. The van der Waals surface area contributed by atoms with Gasteiger partial charge in [0.1, 0.15) is 11.9 Å². The lowest BCUT2D eigenvalue weighted by molar-refractivity contribution is -0.196. The van der Waals surface area contributed by atoms with E-state index in [1.54, 1.807) is 18.3 Å². The second-order valence-corrected chi connectivity index (χ2v) is 4.40. The number of ether oxygens (including phenoxy) is 2. The van der Waals surface area contributed by atoms with E-state index in [4.69, 9.17) is 20.4 Å². The van der Waals surface area contributed by atoms with Gasteiger partial charge in [0.25, 0.3) is 0 Å². The first-order valence-electron chi connectivity index (χ1n) is 6.17. The van der Waals surface area contributed by atoms with Crippen molar-refractivity contribution in [2.24, 2.45) is 10.9 Å². The Kier molecular flexibility index (Phi) is 4.73. The molecule has 1 fully saturated rings. The van der Waals surface area contributed by atoms with Crippen molar-refractivity contribution in [2.45, 2.75) is 31.3 Å². The molecule has 0 saturated carbocycles. The van der Waals surface area contributed by atoms with Crippen molar-refractivity contribution in [3.63, 3.8) is 0 Å². The van der Waals surface area contributed by atoms with Crippen molar-refractivity contribution < 1.29 is 19.7 Å². The summed E-state index contributed by atoms with van der Waals surface area (Å²) in [6.45, 7) is -0.215. The fraction of sp³-hybridized carbons (Fsp3) is 0.462. The minimum absolute atomic E-state index is 0.215. The van der Waals surface area contributed by atoms with E-state index in [2.05, 4.69) is 5.10 Å². The SMILES string of the molecule is N/N=C\c1ccc(OC2CCC(O)C(CO)O2)cc1. The molecule has 3 atom stereocenters. The molecule has 1 aliphatic heterocycles. The van der Waals surface area contributed by atoms with E-state index in [0.29, 0.717) is 18.6 Å². The average molecular weight is 266 g/mol. The lowest BCUT2D eigenvalue weighted by atomic mass is 10.1. The van der Waals surface area contributed by atoms with E-state index in [1.165, 1.54) is 0 Å². The molecule has 1 aromatic rings. The van der Waals surface area contributed by atoms with Gasteiger partial charge in [-0.25, -0.2) is 0 Å². The van der Waals surface area contributed by atoms with Crippen molar-refractivity contribution in [3.8, 4) is 5.75 Å². The first kappa shape index (κ1) is 13.8. The van der Waals surface area contributed by atoms with E-state index in [0.717, 1.165) is 5.56 Å². The zero-order chi connectivity index (χ0) is 13.7. The maximum absolute atomic E-state index is 9.58. The van der Waals surface area contributed by atoms with Gasteiger partial charge in [-0.3, -0.25) is 0 Å². The van der Waals surface area contributed by atoms with Crippen LogP contribution in [0.3, 0.4) is 0 Å². The van der Waals surface area contributed by atoms with Crippen LogP contribution in [0.2, 0.25) is 0 Å². The lowest BCUT2D eigenvalue weighted by Gasteiger charge is -2.32. The van der Waals surface area contributed by atoms with Crippen LogP contribution < -0.4 is 10.6 Å². The number of aliphatic hydroxyl groups excluding tert-OH is 2. The number of hydrogen-bond donors (Lipinski definition) is 3. The summed E-state index contributed by atoms with van der Waals surface area (Å²) in [6, 6.07) is 7.23. The summed E-state index contributed by atoms with van der Waals surface area (Å²) < 4.78 is 11.1. The highest BCUT2D eigenvalue weighted by Gasteiger charge is 2.30. The van der Waals surface area contributed by atoms with Crippen LogP contribution >= 0.6 is 0 Å². The van der Waals surface area contributed by atoms with Crippen LogP contribution in [0, 0.1) is 0 Å². The van der Waals surface area contributed by atoms with Crippen LogP contribution in [-0.2, 0) is 4.74 Å². The minimum atomic E-state index is -0.631. The quantitative estimate of drug-likeness (QED) is 0.411. The number of benzene rings is 1. The molecular weight excluding hydrogens is 248 g/mol. The van der Waals surface area contributed by atoms with E-state index < -0.39 is 18.5 Å². The monoisotopic (exact) mass is 266 g/mol. The summed E-state index contributed by atoms with van der Waals surface area (Å²) in [4.78, 5) is 0. The van der Waals surface area contributed by atoms with Crippen LogP contribution in [0.25, 0.3) is 0 Å². The average Bonchev–Trinajstić information content (AvgIpc) is 2.43. The number of hydrazone groups is 1. The van der Waals surface area contributed by atoms with Crippen molar-refractivity contribution in [3.05, 3.63) is 29.8 Å². The Morgan fingerprint density at radius 2 is 2.11 bits per heavy atom.